The van der Waals surface area contributed by atoms with Gasteiger partial charge in [0.15, 0.2) is 0 Å². The first-order valence-corrected chi connectivity index (χ1v) is 7.11. The second kappa shape index (κ2) is 5.84. The summed E-state index contributed by atoms with van der Waals surface area (Å²) in [5.41, 5.74) is 1.87. The molecule has 1 atom stereocenters. The Hall–Kier alpha value is -0.880. The van der Waals surface area contributed by atoms with Crippen LogP contribution < -0.4 is 0 Å². The fourth-order valence-electron chi connectivity index (χ4n) is 1.80. The molecular weight excluding hydrogens is 339 g/mol. The highest BCUT2D eigenvalue weighted by Crippen LogP contribution is 2.19. The maximum Gasteiger partial charge on any atom is 0.0846 e. The third-order valence-corrected chi connectivity index (χ3v) is 3.50. The summed E-state index contributed by atoms with van der Waals surface area (Å²) in [6, 6.07) is 10.3. The summed E-state index contributed by atoms with van der Waals surface area (Å²) in [5.74, 6) is 0. The van der Waals surface area contributed by atoms with E-state index in [1.54, 1.807) is 0 Å². The summed E-state index contributed by atoms with van der Waals surface area (Å²) in [4.78, 5) is 0. The van der Waals surface area contributed by atoms with Crippen LogP contribution in [0.25, 0.3) is 0 Å². The number of aromatic nitrogens is 2. The third kappa shape index (κ3) is 3.32. The molecule has 18 heavy (non-hydrogen) atoms. The monoisotopic (exact) mass is 356 g/mol. The zero-order valence-corrected chi connectivity index (χ0v) is 12.7. The topological polar surface area (TPSA) is 38.0 Å². The summed E-state index contributed by atoms with van der Waals surface area (Å²) < 4.78 is 3.05. The zero-order valence-electron chi connectivity index (χ0n) is 10.5. The van der Waals surface area contributed by atoms with Crippen molar-refractivity contribution in [2.75, 3.05) is 0 Å². The largest absolute Gasteiger partial charge is 0.388 e. The average Bonchev–Trinajstić information content (AvgIpc) is 2.77. The van der Waals surface area contributed by atoms with E-state index in [1.807, 2.05) is 41.2 Å². The molecule has 2 rings (SSSR count). The van der Waals surface area contributed by atoms with Crippen LogP contribution in [-0.4, -0.2) is 14.9 Å². The smallest absolute Gasteiger partial charge is 0.0846 e. The van der Waals surface area contributed by atoms with Gasteiger partial charge in [0, 0.05) is 22.2 Å². The number of halogens is 1. The van der Waals surface area contributed by atoms with Crippen molar-refractivity contribution in [2.45, 2.75) is 32.4 Å². The molecule has 0 saturated carbocycles. The first kappa shape index (κ1) is 13.5. The molecule has 1 N–H and O–H groups in total. The third-order valence-electron chi connectivity index (χ3n) is 2.83. The molecule has 0 aliphatic heterocycles. The maximum atomic E-state index is 10.2. The lowest BCUT2D eigenvalue weighted by molar-refractivity contribution is 0.176. The Balaban J connectivity index is 2.08. The van der Waals surface area contributed by atoms with E-state index in [9.17, 15) is 5.11 Å². The first-order valence-electron chi connectivity index (χ1n) is 6.04. The van der Waals surface area contributed by atoms with E-state index in [0.29, 0.717) is 12.5 Å². The van der Waals surface area contributed by atoms with Crippen molar-refractivity contribution in [1.29, 1.82) is 0 Å². The first-order chi connectivity index (χ1) is 8.56. The van der Waals surface area contributed by atoms with Gasteiger partial charge in [-0.2, -0.15) is 5.10 Å². The Morgan fingerprint density at radius 1 is 1.33 bits per heavy atom. The normalized spacial score (nSPS) is 12.9. The maximum absolute atomic E-state index is 10.2. The van der Waals surface area contributed by atoms with Gasteiger partial charge in [0.1, 0.15) is 0 Å². The number of benzene rings is 1. The quantitative estimate of drug-likeness (QED) is 0.854. The minimum absolute atomic E-state index is 0.355. The van der Waals surface area contributed by atoms with Gasteiger partial charge in [-0.1, -0.05) is 12.1 Å². The Labute approximate surface area is 121 Å². The minimum atomic E-state index is -0.491. The fraction of sp³-hybridized carbons (Fsp3) is 0.357. The van der Waals surface area contributed by atoms with Crippen LogP contribution >= 0.6 is 22.6 Å². The Kier molecular flexibility index (Phi) is 4.40. The minimum Gasteiger partial charge on any atom is -0.388 e. The van der Waals surface area contributed by atoms with Gasteiger partial charge in [0.05, 0.1) is 11.8 Å². The van der Waals surface area contributed by atoms with E-state index >= 15 is 0 Å². The molecule has 96 valence electrons. The van der Waals surface area contributed by atoms with Crippen molar-refractivity contribution in [3.63, 3.8) is 0 Å². The number of rotatable bonds is 4. The van der Waals surface area contributed by atoms with Crippen molar-refractivity contribution in [2.24, 2.45) is 0 Å². The molecule has 2 aromatic rings. The molecule has 0 bridgehead atoms. The van der Waals surface area contributed by atoms with Crippen LogP contribution in [0.1, 0.15) is 37.3 Å². The van der Waals surface area contributed by atoms with Crippen LogP contribution in [-0.2, 0) is 6.42 Å². The van der Waals surface area contributed by atoms with Crippen LogP contribution in [0, 0.1) is 3.57 Å². The predicted molar refractivity (Wildman–Crippen MR) is 80.4 cm³/mol. The van der Waals surface area contributed by atoms with E-state index in [4.69, 9.17) is 0 Å². The molecule has 3 nitrogen and oxygen atoms in total. The molecule has 0 saturated heterocycles. The van der Waals surface area contributed by atoms with Gasteiger partial charge in [0.2, 0.25) is 0 Å². The van der Waals surface area contributed by atoms with Crippen LogP contribution in [0.4, 0.5) is 0 Å². The standard InChI is InChI=1S/C14H17IN2O/c1-10(2)17-7-6-13(16-17)9-14(18)11-4-3-5-12(15)8-11/h3-8,10,14,18H,9H2,1-2H3. The molecule has 4 heteroatoms. The number of nitrogens with zero attached hydrogens (tertiary/aromatic N) is 2. The van der Waals surface area contributed by atoms with E-state index in [2.05, 4.69) is 41.5 Å². The highest BCUT2D eigenvalue weighted by molar-refractivity contribution is 14.1. The van der Waals surface area contributed by atoms with Gasteiger partial charge in [-0.05, 0) is 60.2 Å². The van der Waals surface area contributed by atoms with Crippen molar-refractivity contribution >= 4 is 22.6 Å². The fourth-order valence-corrected chi connectivity index (χ4v) is 2.37. The lowest BCUT2D eigenvalue weighted by Crippen LogP contribution is -2.05. The predicted octanol–water partition coefficient (Wildman–Crippen LogP) is 3.34. The lowest BCUT2D eigenvalue weighted by atomic mass is 10.1. The van der Waals surface area contributed by atoms with E-state index < -0.39 is 6.10 Å². The van der Waals surface area contributed by atoms with E-state index in [1.165, 1.54) is 0 Å². The molecule has 0 amide bonds. The summed E-state index contributed by atoms with van der Waals surface area (Å²) in [7, 11) is 0. The van der Waals surface area contributed by atoms with Gasteiger partial charge in [-0.15, -0.1) is 0 Å². The molecule has 1 unspecified atom stereocenters. The molecule has 1 aromatic carbocycles. The second-order valence-corrected chi connectivity index (χ2v) is 5.90. The van der Waals surface area contributed by atoms with Crippen molar-refractivity contribution < 1.29 is 5.11 Å². The summed E-state index contributed by atoms with van der Waals surface area (Å²) in [6.07, 6.45) is 2.02. The van der Waals surface area contributed by atoms with Gasteiger partial charge in [-0.3, -0.25) is 4.68 Å². The Morgan fingerprint density at radius 2 is 2.11 bits per heavy atom. The van der Waals surface area contributed by atoms with Crippen LogP contribution in [0.5, 0.6) is 0 Å². The molecule has 0 aliphatic carbocycles. The SMILES string of the molecule is CC(C)n1ccc(CC(O)c2cccc(I)c2)n1. The zero-order chi connectivity index (χ0) is 13.1. The number of aliphatic hydroxyl groups is 1. The Morgan fingerprint density at radius 3 is 2.72 bits per heavy atom. The summed E-state index contributed by atoms with van der Waals surface area (Å²) in [6.45, 7) is 4.18. The van der Waals surface area contributed by atoms with E-state index in [-0.39, 0.29) is 0 Å². The lowest BCUT2D eigenvalue weighted by Gasteiger charge is -2.10. The highest BCUT2D eigenvalue weighted by Gasteiger charge is 2.11. The molecule has 0 fully saturated rings. The van der Waals surface area contributed by atoms with Crippen LogP contribution in [0.3, 0.4) is 0 Å². The molecular formula is C14H17IN2O. The molecule has 0 radical (unpaired) electrons. The van der Waals surface area contributed by atoms with Crippen LogP contribution in [0.15, 0.2) is 36.5 Å². The van der Waals surface area contributed by atoms with E-state index in [0.717, 1.165) is 14.8 Å². The Bertz CT molecular complexity index is 522. The molecule has 1 aromatic heterocycles. The van der Waals surface area contributed by atoms with Crippen LogP contribution in [0.2, 0.25) is 0 Å². The summed E-state index contributed by atoms with van der Waals surface area (Å²) in [5, 5.41) is 14.6. The second-order valence-electron chi connectivity index (χ2n) is 4.66. The van der Waals surface area contributed by atoms with Gasteiger partial charge >= 0.3 is 0 Å². The number of hydrogen-bond acceptors (Lipinski definition) is 2. The van der Waals surface area contributed by atoms with Crippen molar-refractivity contribution in [1.82, 2.24) is 9.78 Å². The van der Waals surface area contributed by atoms with Gasteiger partial charge < -0.3 is 5.11 Å². The average molecular weight is 356 g/mol. The highest BCUT2D eigenvalue weighted by atomic mass is 127. The van der Waals surface area contributed by atoms with Gasteiger partial charge in [-0.25, -0.2) is 0 Å². The van der Waals surface area contributed by atoms with Crippen molar-refractivity contribution in [3.8, 4) is 0 Å². The van der Waals surface area contributed by atoms with Gasteiger partial charge in [0.25, 0.3) is 0 Å². The summed E-state index contributed by atoms with van der Waals surface area (Å²) >= 11 is 2.25. The number of hydrogen-bond donors (Lipinski definition) is 1. The van der Waals surface area contributed by atoms with Crippen molar-refractivity contribution in [3.05, 3.63) is 51.4 Å². The molecule has 1 heterocycles. The number of aliphatic hydroxyl groups excluding tert-OH is 1. The molecule has 0 aliphatic rings. The molecule has 0 spiro atoms.